The first kappa shape index (κ1) is 13.0. The van der Waals surface area contributed by atoms with Gasteiger partial charge in [0.2, 0.25) is 0 Å². The van der Waals surface area contributed by atoms with Crippen molar-refractivity contribution in [1.82, 2.24) is 0 Å². The molecule has 2 atom stereocenters. The van der Waals surface area contributed by atoms with Gasteiger partial charge in [0, 0.05) is 0 Å². The second-order valence-corrected chi connectivity index (χ2v) is 5.28. The molecule has 1 nitrogen and oxygen atoms in total. The van der Waals surface area contributed by atoms with Crippen molar-refractivity contribution < 1.29 is 5.11 Å². The molecule has 0 amide bonds. The van der Waals surface area contributed by atoms with Crippen LogP contribution >= 0.6 is 0 Å². The molecule has 1 aliphatic carbocycles. The van der Waals surface area contributed by atoms with Gasteiger partial charge in [-0.25, -0.2) is 0 Å². The van der Waals surface area contributed by atoms with Gasteiger partial charge >= 0.3 is 0 Å². The van der Waals surface area contributed by atoms with Crippen LogP contribution in [-0.4, -0.2) is 10.7 Å². The number of aliphatic hydroxyl groups is 1. The monoisotopic (exact) mass is 212 g/mol. The number of hydrogen-bond donors (Lipinski definition) is 1. The Balaban J connectivity index is 1.86. The molecule has 0 aromatic carbocycles. The van der Waals surface area contributed by atoms with Gasteiger partial charge in [-0.3, -0.25) is 0 Å². The number of hydrogen-bond acceptors (Lipinski definition) is 1. The predicted molar refractivity (Wildman–Crippen MR) is 66.0 cm³/mol. The van der Waals surface area contributed by atoms with Crippen LogP contribution in [0.15, 0.2) is 0 Å². The van der Waals surface area contributed by atoms with Gasteiger partial charge in [0.25, 0.3) is 0 Å². The Morgan fingerprint density at radius 1 is 1.00 bits per heavy atom. The molecule has 0 bridgehead atoms. The Labute approximate surface area is 95.3 Å². The van der Waals surface area contributed by atoms with Crippen LogP contribution in [-0.2, 0) is 0 Å². The van der Waals surface area contributed by atoms with Crippen molar-refractivity contribution >= 4 is 0 Å². The van der Waals surface area contributed by atoms with Crippen LogP contribution in [0.25, 0.3) is 0 Å². The summed E-state index contributed by atoms with van der Waals surface area (Å²) in [7, 11) is 0. The second kappa shape index (κ2) is 6.52. The molecular formula is C14H28O. The summed E-state index contributed by atoms with van der Waals surface area (Å²) in [5.74, 6) is 0.623. The normalized spacial score (nSPS) is 29.4. The van der Waals surface area contributed by atoms with Gasteiger partial charge in [0.15, 0.2) is 0 Å². The van der Waals surface area contributed by atoms with Crippen molar-refractivity contribution in [3.63, 3.8) is 0 Å². The largest absolute Gasteiger partial charge is 0.390 e. The van der Waals surface area contributed by atoms with E-state index < -0.39 is 0 Å². The van der Waals surface area contributed by atoms with Crippen LogP contribution in [0.2, 0.25) is 0 Å². The molecule has 1 saturated carbocycles. The lowest BCUT2D eigenvalue weighted by molar-refractivity contribution is 0.117. The first-order chi connectivity index (χ1) is 7.23. The molecule has 1 fully saturated rings. The van der Waals surface area contributed by atoms with Gasteiger partial charge in [0.1, 0.15) is 0 Å². The Hall–Kier alpha value is -0.0400. The van der Waals surface area contributed by atoms with Crippen LogP contribution in [0.5, 0.6) is 0 Å². The van der Waals surface area contributed by atoms with Crippen molar-refractivity contribution in [3.8, 4) is 0 Å². The molecular weight excluding hydrogens is 184 g/mol. The van der Waals surface area contributed by atoms with E-state index >= 15 is 0 Å². The lowest BCUT2D eigenvalue weighted by atomic mass is 10.0. The molecule has 0 aromatic rings. The summed E-state index contributed by atoms with van der Waals surface area (Å²) in [5, 5.41) is 10.0. The molecule has 0 radical (unpaired) electrons. The zero-order chi connectivity index (χ0) is 11.1. The first-order valence-electron chi connectivity index (χ1n) is 6.95. The average Bonchev–Trinajstić information content (AvgIpc) is 2.89. The van der Waals surface area contributed by atoms with Crippen molar-refractivity contribution in [1.29, 1.82) is 0 Å². The topological polar surface area (TPSA) is 20.2 Å². The highest BCUT2D eigenvalue weighted by atomic mass is 16.3. The van der Waals surface area contributed by atoms with Crippen molar-refractivity contribution in [2.45, 2.75) is 83.7 Å². The average molecular weight is 212 g/mol. The van der Waals surface area contributed by atoms with Crippen LogP contribution in [0.4, 0.5) is 0 Å². The molecule has 1 heteroatoms. The highest BCUT2D eigenvalue weighted by Crippen LogP contribution is 2.49. The van der Waals surface area contributed by atoms with E-state index in [0.717, 1.165) is 19.3 Å². The minimum Gasteiger partial charge on any atom is -0.390 e. The molecule has 2 unspecified atom stereocenters. The molecule has 0 heterocycles. The summed E-state index contributed by atoms with van der Waals surface area (Å²) < 4.78 is 0. The van der Waals surface area contributed by atoms with E-state index in [4.69, 9.17) is 0 Å². The summed E-state index contributed by atoms with van der Waals surface area (Å²) in [6.45, 7) is 4.45. The van der Waals surface area contributed by atoms with E-state index in [2.05, 4.69) is 13.8 Å². The van der Waals surface area contributed by atoms with Crippen molar-refractivity contribution in [2.75, 3.05) is 0 Å². The summed E-state index contributed by atoms with van der Waals surface area (Å²) in [4.78, 5) is 0. The summed E-state index contributed by atoms with van der Waals surface area (Å²) in [6.07, 6.45) is 12.7. The Bertz CT molecular complexity index is 167. The van der Waals surface area contributed by atoms with Crippen molar-refractivity contribution in [2.24, 2.45) is 5.92 Å². The number of rotatable bonds is 9. The maximum Gasteiger partial charge on any atom is 0.0680 e. The quantitative estimate of drug-likeness (QED) is 0.565. The van der Waals surface area contributed by atoms with Gasteiger partial charge in [0.05, 0.1) is 5.60 Å². The van der Waals surface area contributed by atoms with Gasteiger partial charge in [-0.2, -0.15) is 0 Å². The van der Waals surface area contributed by atoms with E-state index in [0.29, 0.717) is 5.92 Å². The highest BCUT2D eigenvalue weighted by Gasteiger charge is 2.50. The lowest BCUT2D eigenvalue weighted by Gasteiger charge is -2.09. The van der Waals surface area contributed by atoms with E-state index in [1.807, 2.05) is 0 Å². The van der Waals surface area contributed by atoms with Crippen LogP contribution in [0, 0.1) is 5.92 Å². The zero-order valence-electron chi connectivity index (χ0n) is 10.6. The maximum absolute atomic E-state index is 10.0. The zero-order valence-corrected chi connectivity index (χ0v) is 10.6. The van der Waals surface area contributed by atoms with Crippen molar-refractivity contribution in [3.05, 3.63) is 0 Å². The third-order valence-corrected chi connectivity index (χ3v) is 3.91. The Morgan fingerprint density at radius 2 is 1.60 bits per heavy atom. The standard InChI is InChI=1S/C14H28O/c1-3-5-6-7-8-9-10-11-14(15)12-13(14)4-2/h13,15H,3-12H2,1-2H3. The fraction of sp³-hybridized carbons (Fsp3) is 1.00. The molecule has 0 aliphatic heterocycles. The van der Waals surface area contributed by atoms with Crippen LogP contribution in [0.3, 0.4) is 0 Å². The fourth-order valence-electron chi connectivity index (χ4n) is 2.59. The maximum atomic E-state index is 10.0. The van der Waals surface area contributed by atoms with Crippen LogP contribution in [0.1, 0.15) is 78.1 Å². The molecule has 1 aliphatic rings. The SMILES string of the molecule is CCCCCCCCCC1(O)CC1CC. The van der Waals surface area contributed by atoms with E-state index in [1.54, 1.807) is 0 Å². The van der Waals surface area contributed by atoms with Crippen LogP contribution < -0.4 is 0 Å². The van der Waals surface area contributed by atoms with E-state index in [1.165, 1.54) is 44.9 Å². The minimum absolute atomic E-state index is 0.238. The lowest BCUT2D eigenvalue weighted by Crippen LogP contribution is -2.10. The first-order valence-corrected chi connectivity index (χ1v) is 6.95. The summed E-state index contributed by atoms with van der Waals surface area (Å²) in [5.41, 5.74) is -0.238. The van der Waals surface area contributed by atoms with Gasteiger partial charge in [-0.05, 0) is 18.8 Å². The smallest absolute Gasteiger partial charge is 0.0680 e. The Morgan fingerprint density at radius 3 is 2.13 bits per heavy atom. The highest BCUT2D eigenvalue weighted by molar-refractivity contribution is 5.02. The third kappa shape index (κ3) is 4.55. The van der Waals surface area contributed by atoms with E-state index in [9.17, 15) is 5.11 Å². The molecule has 1 rings (SSSR count). The van der Waals surface area contributed by atoms with Gasteiger partial charge < -0.3 is 5.11 Å². The van der Waals surface area contributed by atoms with Gasteiger partial charge in [-0.15, -0.1) is 0 Å². The second-order valence-electron chi connectivity index (χ2n) is 5.28. The van der Waals surface area contributed by atoms with E-state index in [-0.39, 0.29) is 5.60 Å². The van der Waals surface area contributed by atoms with Gasteiger partial charge in [-0.1, -0.05) is 65.2 Å². The number of unbranched alkanes of at least 4 members (excludes halogenated alkanes) is 6. The molecule has 0 saturated heterocycles. The molecule has 90 valence electrons. The fourth-order valence-corrected chi connectivity index (χ4v) is 2.59. The third-order valence-electron chi connectivity index (χ3n) is 3.91. The summed E-state index contributed by atoms with van der Waals surface area (Å²) in [6, 6.07) is 0. The molecule has 0 spiro atoms. The molecule has 0 aromatic heterocycles. The molecule has 1 N–H and O–H groups in total. The predicted octanol–water partition coefficient (Wildman–Crippen LogP) is 4.29. The summed E-state index contributed by atoms with van der Waals surface area (Å²) >= 11 is 0. The minimum atomic E-state index is -0.238. The molecule has 15 heavy (non-hydrogen) atoms. The Kier molecular flexibility index (Phi) is 5.66.